The van der Waals surface area contributed by atoms with Gasteiger partial charge >= 0.3 is 6.36 Å². The third kappa shape index (κ3) is 5.35. The summed E-state index contributed by atoms with van der Waals surface area (Å²) in [5.74, 6) is -0.118. The summed E-state index contributed by atoms with van der Waals surface area (Å²) >= 11 is 1.33. The lowest BCUT2D eigenvalue weighted by molar-refractivity contribution is -0.274. The molecule has 13 heteroatoms. The van der Waals surface area contributed by atoms with Gasteiger partial charge in [0.25, 0.3) is 5.56 Å². The number of nitriles is 1. The summed E-state index contributed by atoms with van der Waals surface area (Å²) in [7, 11) is 4.85. The molecule has 3 rings (SSSR count). The monoisotopic (exact) mass is 482 g/mol. The molecule has 0 aromatic carbocycles. The number of pyridine rings is 2. The fraction of sp³-hybridized carbons (Fsp3) is 0.400. The number of hydrogen-bond acceptors (Lipinski definition) is 9. The van der Waals surface area contributed by atoms with Crippen molar-refractivity contribution in [2.24, 2.45) is 7.05 Å². The van der Waals surface area contributed by atoms with Crippen molar-refractivity contribution < 1.29 is 23.0 Å². The highest BCUT2D eigenvalue weighted by molar-refractivity contribution is 7.18. The van der Waals surface area contributed by atoms with Crippen LogP contribution in [0.4, 0.5) is 24.7 Å². The molecule has 0 radical (unpaired) electrons. The number of aliphatic hydroxyl groups excluding tert-OH is 1. The van der Waals surface area contributed by atoms with Gasteiger partial charge in [-0.05, 0) is 19.1 Å². The summed E-state index contributed by atoms with van der Waals surface area (Å²) in [5.41, 5.74) is 0.322. The van der Waals surface area contributed by atoms with E-state index < -0.39 is 23.8 Å². The van der Waals surface area contributed by atoms with E-state index in [1.165, 1.54) is 22.0 Å². The number of halogens is 3. The lowest BCUT2D eigenvalue weighted by atomic mass is 10.2. The van der Waals surface area contributed by atoms with Gasteiger partial charge < -0.3 is 24.2 Å². The average Bonchev–Trinajstić information content (AvgIpc) is 3.10. The molecule has 0 amide bonds. The topological polar surface area (TPSA) is 108 Å². The van der Waals surface area contributed by atoms with E-state index >= 15 is 0 Å². The van der Waals surface area contributed by atoms with Crippen LogP contribution in [-0.4, -0.2) is 59.3 Å². The number of hydrogen-bond donors (Lipinski definition) is 1. The molecule has 0 bridgehead atoms. The zero-order valence-electron chi connectivity index (χ0n) is 18.2. The normalized spacial score (nSPS) is 12.5. The predicted octanol–water partition coefficient (Wildman–Crippen LogP) is 2.40. The van der Waals surface area contributed by atoms with E-state index in [1.807, 2.05) is 6.07 Å². The maximum atomic E-state index is 12.6. The summed E-state index contributed by atoms with van der Waals surface area (Å²) in [6.45, 7) is 1.95. The first-order valence-electron chi connectivity index (χ1n) is 9.63. The molecule has 1 unspecified atom stereocenters. The van der Waals surface area contributed by atoms with Gasteiger partial charge in [-0.25, -0.2) is 9.97 Å². The molecular weight excluding hydrogens is 461 g/mol. The quantitative estimate of drug-likeness (QED) is 0.547. The van der Waals surface area contributed by atoms with Crippen molar-refractivity contribution in [1.29, 1.82) is 5.26 Å². The number of aromatic nitrogens is 3. The molecule has 0 saturated carbocycles. The van der Waals surface area contributed by atoms with Crippen LogP contribution in [0, 0.1) is 18.3 Å². The Labute approximate surface area is 190 Å². The first-order chi connectivity index (χ1) is 15.4. The van der Waals surface area contributed by atoms with Crippen LogP contribution in [0.2, 0.25) is 0 Å². The number of anilines is 2. The van der Waals surface area contributed by atoms with E-state index in [0.717, 1.165) is 17.3 Å². The van der Waals surface area contributed by atoms with Gasteiger partial charge in [-0.2, -0.15) is 5.26 Å². The molecule has 3 aromatic heterocycles. The summed E-state index contributed by atoms with van der Waals surface area (Å²) in [5, 5.41) is 20.9. The van der Waals surface area contributed by atoms with E-state index in [-0.39, 0.29) is 18.7 Å². The van der Waals surface area contributed by atoms with Crippen molar-refractivity contribution >= 4 is 33.2 Å². The molecular formula is C20H21F3N6O3S. The standard InChI is InChI=1S/C20H21F3N6O3S/c1-11-26-16-17(14(7-24)18(31)29(4)19(16)33-11)28(3)10-12(30)9-27(2)15-6-5-13(8-25-15)32-20(21,22)23/h5-6,8,12,30H,9-10H2,1-4H3. The van der Waals surface area contributed by atoms with Crippen molar-refractivity contribution in [2.75, 3.05) is 37.0 Å². The fourth-order valence-corrected chi connectivity index (χ4v) is 4.29. The first kappa shape index (κ1) is 24.3. The van der Waals surface area contributed by atoms with Gasteiger partial charge in [-0.1, -0.05) is 0 Å². The van der Waals surface area contributed by atoms with Crippen molar-refractivity contribution in [2.45, 2.75) is 19.4 Å². The molecule has 9 nitrogen and oxygen atoms in total. The van der Waals surface area contributed by atoms with E-state index in [4.69, 9.17) is 0 Å². The van der Waals surface area contributed by atoms with Crippen LogP contribution in [-0.2, 0) is 7.05 Å². The number of aryl methyl sites for hydroxylation is 2. The molecule has 176 valence electrons. The Bertz CT molecular complexity index is 1250. The highest BCUT2D eigenvalue weighted by Crippen LogP contribution is 2.31. The summed E-state index contributed by atoms with van der Waals surface area (Å²) in [4.78, 5) is 24.8. The second-order valence-electron chi connectivity index (χ2n) is 7.40. The number of fused-ring (bicyclic) bond motifs is 1. The maximum absolute atomic E-state index is 12.6. The van der Waals surface area contributed by atoms with Crippen LogP contribution >= 0.6 is 11.3 Å². The molecule has 0 aliphatic heterocycles. The second-order valence-corrected chi connectivity index (χ2v) is 8.58. The SMILES string of the molecule is Cc1nc2c(N(C)CC(O)CN(C)c3ccc(OC(F)(F)F)cn3)c(C#N)c(=O)n(C)c2s1. The van der Waals surface area contributed by atoms with Crippen LogP contribution in [0.1, 0.15) is 10.6 Å². The number of likely N-dealkylation sites (N-methyl/N-ethyl adjacent to an activating group) is 2. The summed E-state index contributed by atoms with van der Waals surface area (Å²) in [6.07, 6.45) is -4.81. The maximum Gasteiger partial charge on any atom is 0.573 e. The lowest BCUT2D eigenvalue weighted by Gasteiger charge is -2.27. The molecule has 33 heavy (non-hydrogen) atoms. The number of aliphatic hydroxyl groups is 1. The summed E-state index contributed by atoms with van der Waals surface area (Å²) < 4.78 is 42.1. The Morgan fingerprint density at radius 1 is 1.30 bits per heavy atom. The van der Waals surface area contributed by atoms with E-state index in [0.29, 0.717) is 21.9 Å². The molecule has 0 fully saturated rings. The van der Waals surface area contributed by atoms with Gasteiger partial charge in [0, 0.05) is 34.2 Å². The number of thiazole rings is 1. The number of nitrogens with zero attached hydrogens (tertiary/aromatic N) is 6. The molecule has 0 spiro atoms. The van der Waals surface area contributed by atoms with Gasteiger partial charge in [0.15, 0.2) is 0 Å². The Kier molecular flexibility index (Phi) is 6.80. The minimum absolute atomic E-state index is 0.0626. The highest BCUT2D eigenvalue weighted by atomic mass is 32.1. The van der Waals surface area contributed by atoms with Crippen molar-refractivity contribution in [1.82, 2.24) is 14.5 Å². The van der Waals surface area contributed by atoms with Crippen LogP contribution in [0.5, 0.6) is 5.75 Å². The van der Waals surface area contributed by atoms with Crippen LogP contribution < -0.4 is 20.1 Å². The van der Waals surface area contributed by atoms with Crippen LogP contribution in [0.15, 0.2) is 23.1 Å². The third-order valence-electron chi connectivity index (χ3n) is 4.81. The molecule has 1 atom stereocenters. The first-order valence-corrected chi connectivity index (χ1v) is 10.4. The smallest absolute Gasteiger partial charge is 0.404 e. The number of alkyl halides is 3. The largest absolute Gasteiger partial charge is 0.573 e. The van der Waals surface area contributed by atoms with Gasteiger partial charge in [-0.3, -0.25) is 4.79 Å². The number of rotatable bonds is 7. The van der Waals surface area contributed by atoms with E-state index in [9.17, 15) is 28.3 Å². The van der Waals surface area contributed by atoms with Gasteiger partial charge in [-0.15, -0.1) is 24.5 Å². The molecule has 1 N–H and O–H groups in total. The predicted molar refractivity (Wildman–Crippen MR) is 118 cm³/mol. The molecule has 3 aromatic rings. The minimum Gasteiger partial charge on any atom is -0.404 e. The minimum atomic E-state index is -4.81. The van der Waals surface area contributed by atoms with Gasteiger partial charge in [0.1, 0.15) is 33.5 Å². The molecule has 0 aliphatic rings. The molecule has 3 heterocycles. The zero-order chi connectivity index (χ0) is 24.5. The Morgan fingerprint density at radius 3 is 2.55 bits per heavy atom. The van der Waals surface area contributed by atoms with Crippen molar-refractivity contribution in [3.63, 3.8) is 0 Å². The van der Waals surface area contributed by atoms with Crippen molar-refractivity contribution in [3.05, 3.63) is 39.3 Å². The Hall–Kier alpha value is -3.37. The molecule has 0 aliphatic carbocycles. The highest BCUT2D eigenvalue weighted by Gasteiger charge is 2.31. The zero-order valence-corrected chi connectivity index (χ0v) is 19.0. The van der Waals surface area contributed by atoms with Gasteiger partial charge in [0.05, 0.1) is 23.0 Å². The number of ether oxygens (including phenoxy) is 1. The lowest BCUT2D eigenvalue weighted by Crippen LogP contribution is -2.39. The van der Waals surface area contributed by atoms with Crippen LogP contribution in [0.3, 0.4) is 0 Å². The van der Waals surface area contributed by atoms with Gasteiger partial charge in [0.2, 0.25) is 0 Å². The molecule has 0 saturated heterocycles. The Balaban J connectivity index is 1.77. The van der Waals surface area contributed by atoms with Crippen LogP contribution in [0.25, 0.3) is 10.3 Å². The average molecular weight is 482 g/mol. The second kappa shape index (κ2) is 9.24. The summed E-state index contributed by atoms with van der Waals surface area (Å²) in [6, 6.07) is 4.41. The van der Waals surface area contributed by atoms with E-state index in [2.05, 4.69) is 14.7 Å². The van der Waals surface area contributed by atoms with E-state index in [1.54, 1.807) is 37.9 Å². The van der Waals surface area contributed by atoms with Crippen molar-refractivity contribution in [3.8, 4) is 11.8 Å². The third-order valence-corrected chi connectivity index (χ3v) is 5.86. The fourth-order valence-electron chi connectivity index (χ4n) is 3.42. The Morgan fingerprint density at radius 2 is 1.97 bits per heavy atom.